The first kappa shape index (κ1) is 15.8. The third kappa shape index (κ3) is 3.96. The van der Waals surface area contributed by atoms with Crippen LogP contribution in [-0.4, -0.2) is 37.9 Å². The van der Waals surface area contributed by atoms with Crippen molar-refractivity contribution < 1.29 is 23.1 Å². The normalized spacial score (nSPS) is 11.5. The van der Waals surface area contributed by atoms with Crippen molar-refractivity contribution in [2.24, 2.45) is 0 Å². The quantitative estimate of drug-likeness (QED) is 0.941. The molecule has 0 aliphatic heterocycles. The van der Waals surface area contributed by atoms with E-state index in [-0.39, 0.29) is 13.1 Å². The fourth-order valence-electron chi connectivity index (χ4n) is 1.79. The molecule has 0 aliphatic carbocycles. The first-order chi connectivity index (χ1) is 10.3. The molecular weight excluding hydrogens is 301 g/mol. The van der Waals surface area contributed by atoms with E-state index in [0.717, 1.165) is 17.2 Å². The van der Waals surface area contributed by atoms with Gasteiger partial charge in [0.15, 0.2) is 0 Å². The molecule has 2 aromatic rings. The second-order valence-electron chi connectivity index (χ2n) is 4.73. The number of aromatic nitrogens is 3. The Labute approximate surface area is 123 Å². The molecule has 1 N–H and O–H groups in total. The number of carboxylic acid groups (broad SMARTS) is 1. The topological polar surface area (TPSA) is 71.2 Å². The van der Waals surface area contributed by atoms with Crippen molar-refractivity contribution in [3.63, 3.8) is 0 Å². The third-order valence-corrected chi connectivity index (χ3v) is 2.89. The Morgan fingerprint density at radius 2 is 2.05 bits per heavy atom. The van der Waals surface area contributed by atoms with E-state index in [1.54, 1.807) is 6.20 Å². The van der Waals surface area contributed by atoms with Gasteiger partial charge >= 0.3 is 12.3 Å². The Morgan fingerprint density at radius 3 is 2.59 bits per heavy atom. The zero-order valence-corrected chi connectivity index (χ0v) is 11.6. The predicted molar refractivity (Wildman–Crippen MR) is 70.1 cm³/mol. The zero-order valence-electron chi connectivity index (χ0n) is 11.6. The van der Waals surface area contributed by atoms with Crippen molar-refractivity contribution >= 4 is 6.09 Å². The molecule has 22 heavy (non-hydrogen) atoms. The molecule has 0 unspecified atom stereocenters. The lowest BCUT2D eigenvalue weighted by atomic mass is 10.2. The average molecular weight is 314 g/mol. The minimum Gasteiger partial charge on any atom is -0.465 e. The molecule has 6 nitrogen and oxygen atoms in total. The first-order valence-electron chi connectivity index (χ1n) is 6.23. The van der Waals surface area contributed by atoms with Crippen molar-refractivity contribution in [3.8, 4) is 0 Å². The summed E-state index contributed by atoms with van der Waals surface area (Å²) in [5, 5.41) is 12.8. The standard InChI is InChI=1S/C13H13F3N4O2/c1-19(12(21)22)6-10-5-18-20(8-10)7-9-2-3-11(17-4-9)13(14,15)16/h2-5,8H,6-7H2,1H3,(H,21,22). The number of rotatable bonds is 4. The Morgan fingerprint density at radius 1 is 1.32 bits per heavy atom. The Balaban J connectivity index is 2.02. The van der Waals surface area contributed by atoms with Crippen LogP contribution < -0.4 is 0 Å². The van der Waals surface area contributed by atoms with Gasteiger partial charge in [-0.25, -0.2) is 4.79 Å². The summed E-state index contributed by atoms with van der Waals surface area (Å²) in [4.78, 5) is 15.2. The van der Waals surface area contributed by atoms with Crippen LogP contribution in [0.2, 0.25) is 0 Å². The Kier molecular flexibility index (Phi) is 4.34. The Hall–Kier alpha value is -2.58. The minimum atomic E-state index is -4.46. The molecule has 0 saturated heterocycles. The molecule has 2 heterocycles. The Bertz CT molecular complexity index is 652. The van der Waals surface area contributed by atoms with Gasteiger partial charge in [-0.2, -0.15) is 18.3 Å². The van der Waals surface area contributed by atoms with Gasteiger partial charge in [0.05, 0.1) is 19.3 Å². The molecule has 0 fully saturated rings. The van der Waals surface area contributed by atoms with Crippen LogP contribution >= 0.6 is 0 Å². The van der Waals surface area contributed by atoms with Gasteiger partial charge in [0.2, 0.25) is 0 Å². The summed E-state index contributed by atoms with van der Waals surface area (Å²) in [6.45, 7) is 0.433. The van der Waals surface area contributed by atoms with E-state index in [2.05, 4.69) is 10.1 Å². The molecule has 118 valence electrons. The maximum Gasteiger partial charge on any atom is 0.433 e. The van der Waals surface area contributed by atoms with E-state index in [1.165, 1.54) is 24.0 Å². The van der Waals surface area contributed by atoms with Gasteiger partial charge in [0.1, 0.15) is 5.69 Å². The summed E-state index contributed by atoms with van der Waals surface area (Å²) in [6.07, 6.45) is -1.22. The lowest BCUT2D eigenvalue weighted by Gasteiger charge is -2.10. The van der Waals surface area contributed by atoms with Crippen molar-refractivity contribution in [1.82, 2.24) is 19.7 Å². The molecule has 0 radical (unpaired) electrons. The van der Waals surface area contributed by atoms with Crippen molar-refractivity contribution in [2.45, 2.75) is 19.3 Å². The summed E-state index contributed by atoms with van der Waals surface area (Å²) in [7, 11) is 1.43. The zero-order chi connectivity index (χ0) is 16.3. The maximum absolute atomic E-state index is 12.4. The smallest absolute Gasteiger partial charge is 0.433 e. The van der Waals surface area contributed by atoms with Gasteiger partial charge in [-0.05, 0) is 11.6 Å². The lowest BCUT2D eigenvalue weighted by Crippen LogP contribution is -2.23. The molecule has 2 aromatic heterocycles. The molecule has 0 atom stereocenters. The molecule has 0 bridgehead atoms. The van der Waals surface area contributed by atoms with Crippen LogP contribution in [0.1, 0.15) is 16.8 Å². The van der Waals surface area contributed by atoms with Gasteiger partial charge in [-0.3, -0.25) is 9.67 Å². The molecule has 0 spiro atoms. The highest BCUT2D eigenvalue weighted by atomic mass is 19.4. The van der Waals surface area contributed by atoms with Crippen LogP contribution in [0.25, 0.3) is 0 Å². The van der Waals surface area contributed by atoms with Crippen LogP contribution in [0, 0.1) is 0 Å². The third-order valence-electron chi connectivity index (χ3n) is 2.89. The molecule has 0 aliphatic rings. The SMILES string of the molecule is CN(Cc1cnn(Cc2ccc(C(F)(F)F)nc2)c1)C(=O)O. The molecular formula is C13H13F3N4O2. The van der Waals surface area contributed by atoms with Crippen molar-refractivity contribution in [2.75, 3.05) is 7.05 Å². The van der Waals surface area contributed by atoms with Crippen LogP contribution in [0.5, 0.6) is 0 Å². The van der Waals surface area contributed by atoms with Gasteiger partial charge in [0, 0.05) is 25.0 Å². The molecule has 0 aromatic carbocycles. The minimum absolute atomic E-state index is 0.181. The number of carbonyl (C=O) groups is 1. The fraction of sp³-hybridized carbons (Fsp3) is 0.308. The van der Waals surface area contributed by atoms with Crippen LogP contribution in [-0.2, 0) is 19.3 Å². The number of pyridine rings is 1. The second kappa shape index (κ2) is 6.04. The summed E-state index contributed by atoms with van der Waals surface area (Å²) < 4.78 is 38.7. The molecule has 0 saturated carbocycles. The number of alkyl halides is 3. The summed E-state index contributed by atoms with van der Waals surface area (Å²) >= 11 is 0. The van der Waals surface area contributed by atoms with E-state index in [0.29, 0.717) is 11.1 Å². The van der Waals surface area contributed by atoms with E-state index >= 15 is 0 Å². The van der Waals surface area contributed by atoms with E-state index < -0.39 is 18.0 Å². The molecule has 9 heteroatoms. The number of hydrogen-bond acceptors (Lipinski definition) is 3. The number of halogens is 3. The monoisotopic (exact) mass is 314 g/mol. The highest BCUT2D eigenvalue weighted by Crippen LogP contribution is 2.27. The highest BCUT2D eigenvalue weighted by Gasteiger charge is 2.31. The summed E-state index contributed by atoms with van der Waals surface area (Å²) in [5.41, 5.74) is 0.305. The lowest BCUT2D eigenvalue weighted by molar-refractivity contribution is -0.141. The first-order valence-corrected chi connectivity index (χ1v) is 6.23. The van der Waals surface area contributed by atoms with Crippen LogP contribution in [0.15, 0.2) is 30.7 Å². The summed E-state index contributed by atoms with van der Waals surface area (Å²) in [5.74, 6) is 0. The van der Waals surface area contributed by atoms with E-state index in [9.17, 15) is 18.0 Å². The van der Waals surface area contributed by atoms with Gasteiger partial charge in [0.25, 0.3) is 0 Å². The summed E-state index contributed by atoms with van der Waals surface area (Å²) in [6, 6.07) is 2.25. The van der Waals surface area contributed by atoms with E-state index in [4.69, 9.17) is 5.11 Å². The number of hydrogen-bond donors (Lipinski definition) is 1. The average Bonchev–Trinajstić information content (AvgIpc) is 2.85. The van der Waals surface area contributed by atoms with Crippen LogP contribution in [0.3, 0.4) is 0 Å². The maximum atomic E-state index is 12.4. The van der Waals surface area contributed by atoms with E-state index in [1.807, 2.05) is 0 Å². The van der Waals surface area contributed by atoms with Gasteiger partial charge in [-0.15, -0.1) is 0 Å². The number of nitrogens with zero attached hydrogens (tertiary/aromatic N) is 4. The van der Waals surface area contributed by atoms with Crippen molar-refractivity contribution in [1.29, 1.82) is 0 Å². The highest BCUT2D eigenvalue weighted by molar-refractivity contribution is 5.64. The van der Waals surface area contributed by atoms with Gasteiger partial charge in [-0.1, -0.05) is 6.07 Å². The number of amides is 1. The molecule has 1 amide bonds. The van der Waals surface area contributed by atoms with Crippen LogP contribution in [0.4, 0.5) is 18.0 Å². The fourth-order valence-corrected chi connectivity index (χ4v) is 1.79. The molecule has 2 rings (SSSR count). The van der Waals surface area contributed by atoms with Gasteiger partial charge < -0.3 is 10.0 Å². The second-order valence-corrected chi connectivity index (χ2v) is 4.73. The largest absolute Gasteiger partial charge is 0.465 e. The van der Waals surface area contributed by atoms with Crippen molar-refractivity contribution in [3.05, 3.63) is 47.5 Å². The predicted octanol–water partition coefficient (Wildman–Crippen LogP) is 2.46.